The molecule has 1 rings (SSSR count). The van der Waals surface area contributed by atoms with Gasteiger partial charge in [-0.05, 0) is 0 Å². The third-order valence-electron chi connectivity index (χ3n) is 1.02. The molecule has 0 atom stereocenters. The van der Waals surface area contributed by atoms with Crippen LogP contribution in [0.1, 0.15) is 5.56 Å². The zero-order valence-corrected chi connectivity index (χ0v) is 5.68. The van der Waals surface area contributed by atoms with Crippen LogP contribution in [0.3, 0.4) is 0 Å². The molecule has 0 bridgehead atoms. The second-order valence-corrected chi connectivity index (χ2v) is 1.98. The Morgan fingerprint density at radius 2 is 2.56 bits per heavy atom. The van der Waals surface area contributed by atoms with Crippen LogP contribution in [0.2, 0.25) is 5.15 Å². The maximum absolute atomic E-state index is 5.67. The molecule has 1 aromatic heterocycles. The molecule has 0 amide bonds. The highest BCUT2D eigenvalue weighted by Crippen LogP contribution is 2.11. The molecule has 0 radical (unpaired) electrons. The summed E-state index contributed by atoms with van der Waals surface area (Å²) in [6.07, 6.45) is 6.63. The van der Waals surface area contributed by atoms with Gasteiger partial charge in [0.25, 0.3) is 0 Å². The quantitative estimate of drug-likeness (QED) is 0.493. The fraction of sp³-hybridized carbons (Fsp3) is 0.167. The van der Waals surface area contributed by atoms with E-state index in [1.54, 1.807) is 13.2 Å². The van der Waals surface area contributed by atoms with Crippen molar-refractivity contribution in [1.82, 2.24) is 9.78 Å². The van der Waals surface area contributed by atoms with Crippen LogP contribution in [0.4, 0.5) is 0 Å². The first-order valence-corrected chi connectivity index (χ1v) is 2.77. The van der Waals surface area contributed by atoms with Gasteiger partial charge in [0, 0.05) is 7.05 Å². The van der Waals surface area contributed by atoms with Crippen molar-refractivity contribution in [2.24, 2.45) is 7.05 Å². The van der Waals surface area contributed by atoms with Crippen LogP contribution in [0.5, 0.6) is 0 Å². The third-order valence-corrected chi connectivity index (χ3v) is 1.47. The topological polar surface area (TPSA) is 17.8 Å². The minimum absolute atomic E-state index is 0.512. The lowest BCUT2D eigenvalue weighted by molar-refractivity contribution is 0.768. The van der Waals surface area contributed by atoms with Crippen molar-refractivity contribution < 1.29 is 0 Å². The highest BCUT2D eigenvalue weighted by atomic mass is 35.5. The summed E-state index contributed by atoms with van der Waals surface area (Å²) in [4.78, 5) is 0. The second-order valence-electron chi connectivity index (χ2n) is 1.62. The Morgan fingerprint density at radius 1 is 1.89 bits per heavy atom. The maximum atomic E-state index is 5.67. The molecular weight excluding hydrogens is 136 g/mol. The lowest BCUT2D eigenvalue weighted by atomic mass is 10.4. The van der Waals surface area contributed by atoms with Crippen molar-refractivity contribution in [3.05, 3.63) is 16.9 Å². The highest BCUT2D eigenvalue weighted by Gasteiger charge is 1.99. The molecule has 2 nitrogen and oxygen atoms in total. The molecule has 0 aromatic carbocycles. The normalized spacial score (nSPS) is 9.00. The largest absolute Gasteiger partial charge is 0.256 e. The molecule has 0 spiro atoms. The Bertz CT molecular complexity index is 257. The van der Waals surface area contributed by atoms with E-state index in [1.165, 1.54) is 4.68 Å². The van der Waals surface area contributed by atoms with Crippen LogP contribution in [0.25, 0.3) is 0 Å². The molecule has 1 heterocycles. The minimum atomic E-state index is 0.512. The summed E-state index contributed by atoms with van der Waals surface area (Å²) in [5.74, 6) is 2.40. The molecule has 0 saturated heterocycles. The predicted octanol–water partition coefficient (Wildman–Crippen LogP) is 1.05. The van der Waals surface area contributed by atoms with Crippen molar-refractivity contribution in [2.45, 2.75) is 0 Å². The number of aromatic nitrogens is 2. The molecule has 9 heavy (non-hydrogen) atoms. The summed E-state index contributed by atoms with van der Waals surface area (Å²) in [5, 5.41) is 4.34. The van der Waals surface area contributed by atoms with Gasteiger partial charge >= 0.3 is 0 Å². The van der Waals surface area contributed by atoms with E-state index < -0.39 is 0 Å². The van der Waals surface area contributed by atoms with E-state index in [4.69, 9.17) is 18.0 Å². The monoisotopic (exact) mass is 140 g/mol. The lowest BCUT2D eigenvalue weighted by Gasteiger charge is -1.87. The van der Waals surface area contributed by atoms with E-state index in [1.807, 2.05) is 0 Å². The van der Waals surface area contributed by atoms with Gasteiger partial charge in [-0.15, -0.1) is 6.42 Å². The molecule has 0 aliphatic carbocycles. The SMILES string of the molecule is C#Cc1cnn(C)c1Cl. The van der Waals surface area contributed by atoms with Gasteiger partial charge in [-0.3, -0.25) is 4.68 Å². The minimum Gasteiger partial charge on any atom is -0.256 e. The van der Waals surface area contributed by atoms with E-state index in [2.05, 4.69) is 11.0 Å². The van der Waals surface area contributed by atoms with Crippen molar-refractivity contribution in [1.29, 1.82) is 0 Å². The van der Waals surface area contributed by atoms with Crippen LogP contribution in [0, 0.1) is 12.3 Å². The van der Waals surface area contributed by atoms with Gasteiger partial charge in [-0.2, -0.15) is 5.10 Å². The summed E-state index contributed by atoms with van der Waals surface area (Å²) in [7, 11) is 1.74. The first-order valence-electron chi connectivity index (χ1n) is 2.40. The summed E-state index contributed by atoms with van der Waals surface area (Å²) in [6.45, 7) is 0. The molecule has 46 valence electrons. The van der Waals surface area contributed by atoms with Gasteiger partial charge in [-0.1, -0.05) is 17.5 Å². The maximum Gasteiger partial charge on any atom is 0.142 e. The molecule has 0 saturated carbocycles. The van der Waals surface area contributed by atoms with Crippen LogP contribution in [0.15, 0.2) is 6.20 Å². The van der Waals surface area contributed by atoms with Gasteiger partial charge in [0.2, 0.25) is 0 Å². The van der Waals surface area contributed by atoms with Gasteiger partial charge in [0.1, 0.15) is 5.15 Å². The molecule has 0 fully saturated rings. The van der Waals surface area contributed by atoms with E-state index in [0.717, 1.165) is 0 Å². The Balaban J connectivity index is 3.24. The Kier molecular flexibility index (Phi) is 1.46. The molecular formula is C6H5ClN2. The molecule has 0 N–H and O–H groups in total. The van der Waals surface area contributed by atoms with E-state index in [9.17, 15) is 0 Å². The van der Waals surface area contributed by atoms with E-state index in [-0.39, 0.29) is 0 Å². The lowest BCUT2D eigenvalue weighted by Crippen LogP contribution is -1.87. The first kappa shape index (κ1) is 6.18. The number of rotatable bonds is 0. The molecule has 0 aliphatic heterocycles. The van der Waals surface area contributed by atoms with Crippen LogP contribution in [-0.4, -0.2) is 9.78 Å². The summed E-state index contributed by atoms with van der Waals surface area (Å²) in [6, 6.07) is 0. The molecule has 0 unspecified atom stereocenters. The predicted molar refractivity (Wildman–Crippen MR) is 36.2 cm³/mol. The fourth-order valence-electron chi connectivity index (χ4n) is 0.519. The second kappa shape index (κ2) is 2.12. The number of hydrogen-bond donors (Lipinski definition) is 0. The Morgan fingerprint density at radius 3 is 2.78 bits per heavy atom. The first-order chi connectivity index (χ1) is 4.25. The van der Waals surface area contributed by atoms with Crippen LogP contribution >= 0.6 is 11.6 Å². The van der Waals surface area contributed by atoms with Gasteiger partial charge < -0.3 is 0 Å². The zero-order chi connectivity index (χ0) is 6.85. The average molecular weight is 141 g/mol. The smallest absolute Gasteiger partial charge is 0.142 e. The summed E-state index contributed by atoms with van der Waals surface area (Å²) >= 11 is 5.67. The van der Waals surface area contributed by atoms with Crippen molar-refractivity contribution in [2.75, 3.05) is 0 Å². The Hall–Kier alpha value is -0.940. The highest BCUT2D eigenvalue weighted by molar-refractivity contribution is 6.30. The van der Waals surface area contributed by atoms with E-state index in [0.29, 0.717) is 10.7 Å². The number of terminal acetylenes is 1. The molecule has 0 aliphatic rings. The standard InChI is InChI=1S/C6H5ClN2/c1-3-5-4-8-9(2)6(5)7/h1,4H,2H3. The van der Waals surface area contributed by atoms with Gasteiger partial charge in [-0.25, -0.2) is 0 Å². The zero-order valence-electron chi connectivity index (χ0n) is 4.93. The fourth-order valence-corrected chi connectivity index (χ4v) is 0.666. The number of nitrogens with zero attached hydrogens (tertiary/aromatic N) is 2. The van der Waals surface area contributed by atoms with Crippen LogP contribution < -0.4 is 0 Å². The average Bonchev–Trinajstić information content (AvgIpc) is 2.15. The summed E-state index contributed by atoms with van der Waals surface area (Å²) < 4.78 is 1.52. The van der Waals surface area contributed by atoms with Gasteiger partial charge in [0.05, 0.1) is 11.8 Å². The number of halogens is 1. The Labute approximate surface area is 58.4 Å². The van der Waals surface area contributed by atoms with Gasteiger partial charge in [0.15, 0.2) is 0 Å². The van der Waals surface area contributed by atoms with Crippen LogP contribution in [-0.2, 0) is 7.05 Å². The van der Waals surface area contributed by atoms with Crippen molar-refractivity contribution >= 4 is 11.6 Å². The molecule has 3 heteroatoms. The van der Waals surface area contributed by atoms with Crippen molar-refractivity contribution in [3.8, 4) is 12.3 Å². The van der Waals surface area contributed by atoms with E-state index >= 15 is 0 Å². The molecule has 1 aromatic rings. The third kappa shape index (κ3) is 0.914. The summed E-state index contributed by atoms with van der Waals surface area (Å²) in [5.41, 5.74) is 0.638. The number of hydrogen-bond acceptors (Lipinski definition) is 1. The van der Waals surface area contributed by atoms with Crippen molar-refractivity contribution in [3.63, 3.8) is 0 Å². The number of aryl methyl sites for hydroxylation is 1.